The molecule has 0 spiro atoms. The smallest absolute Gasteiger partial charge is 0.0738 e. The second kappa shape index (κ2) is 7.02. The van der Waals surface area contributed by atoms with Crippen LogP contribution in [0.4, 0.5) is 0 Å². The Morgan fingerprint density at radius 2 is 2.05 bits per heavy atom. The van der Waals surface area contributed by atoms with Crippen LogP contribution >= 0.6 is 15.9 Å². The average Bonchev–Trinajstić information content (AvgIpc) is 2.70. The average molecular weight is 346 g/mol. The van der Waals surface area contributed by atoms with Gasteiger partial charge in [0.15, 0.2) is 0 Å². The standard InChI is InChI=1S/C14H28BrN5/c1-7-14(4,19(5)6)12(17-16)9-11-13(15)10(3)18-20(11)8-2/h12,17H,7-9,16H2,1-6H3. The Labute approximate surface area is 131 Å². The van der Waals surface area contributed by atoms with Crippen LogP contribution in [-0.4, -0.2) is 40.4 Å². The molecule has 1 aromatic rings. The van der Waals surface area contributed by atoms with Gasteiger partial charge in [-0.15, -0.1) is 0 Å². The fraction of sp³-hybridized carbons (Fsp3) is 0.786. The monoisotopic (exact) mass is 345 g/mol. The molecule has 116 valence electrons. The molecule has 0 saturated carbocycles. The van der Waals surface area contributed by atoms with E-state index >= 15 is 0 Å². The molecule has 0 amide bonds. The third-order valence-electron chi connectivity index (χ3n) is 4.54. The molecular weight excluding hydrogens is 318 g/mol. The summed E-state index contributed by atoms with van der Waals surface area (Å²) in [6, 6.07) is 0.153. The molecule has 6 heteroatoms. The summed E-state index contributed by atoms with van der Waals surface area (Å²) in [7, 11) is 4.20. The van der Waals surface area contributed by atoms with Gasteiger partial charge in [0.05, 0.1) is 15.9 Å². The van der Waals surface area contributed by atoms with Crippen LogP contribution in [0.2, 0.25) is 0 Å². The quantitative estimate of drug-likeness (QED) is 0.586. The molecular formula is C14H28BrN5. The van der Waals surface area contributed by atoms with Gasteiger partial charge >= 0.3 is 0 Å². The van der Waals surface area contributed by atoms with Gasteiger partial charge in [-0.2, -0.15) is 5.10 Å². The molecule has 0 aromatic carbocycles. The molecule has 1 heterocycles. The fourth-order valence-corrected chi connectivity index (χ4v) is 3.04. The maximum absolute atomic E-state index is 5.85. The van der Waals surface area contributed by atoms with Crippen molar-refractivity contribution in [2.24, 2.45) is 5.84 Å². The molecule has 0 radical (unpaired) electrons. The van der Waals surface area contributed by atoms with Gasteiger partial charge in [-0.1, -0.05) is 6.92 Å². The lowest BCUT2D eigenvalue weighted by Crippen LogP contribution is -2.59. The van der Waals surface area contributed by atoms with Gasteiger partial charge < -0.3 is 4.90 Å². The Bertz CT molecular complexity index is 443. The van der Waals surface area contributed by atoms with E-state index in [0.717, 1.165) is 29.6 Å². The lowest BCUT2D eigenvalue weighted by atomic mass is 9.85. The van der Waals surface area contributed by atoms with Crippen LogP contribution in [0.15, 0.2) is 4.47 Å². The Balaban J connectivity index is 3.11. The van der Waals surface area contributed by atoms with E-state index in [9.17, 15) is 0 Å². The first kappa shape index (κ1) is 17.6. The number of nitrogens with two attached hydrogens (primary N) is 1. The molecule has 0 fully saturated rings. The zero-order valence-corrected chi connectivity index (χ0v) is 15.1. The number of hydrogen-bond donors (Lipinski definition) is 2. The normalized spacial score (nSPS) is 16.4. The first-order valence-corrected chi connectivity index (χ1v) is 7.96. The molecule has 3 N–H and O–H groups in total. The number of rotatable bonds is 7. The Morgan fingerprint density at radius 3 is 2.45 bits per heavy atom. The lowest BCUT2D eigenvalue weighted by molar-refractivity contribution is 0.111. The maximum atomic E-state index is 5.85. The maximum Gasteiger partial charge on any atom is 0.0738 e. The highest BCUT2D eigenvalue weighted by Gasteiger charge is 2.35. The van der Waals surface area contributed by atoms with E-state index in [0.29, 0.717) is 0 Å². The van der Waals surface area contributed by atoms with E-state index in [1.807, 2.05) is 6.92 Å². The van der Waals surface area contributed by atoms with E-state index in [1.54, 1.807) is 0 Å². The summed E-state index contributed by atoms with van der Waals surface area (Å²) in [5, 5.41) is 4.56. The Morgan fingerprint density at radius 1 is 1.45 bits per heavy atom. The molecule has 0 saturated heterocycles. The molecule has 0 bridgehead atoms. The number of nitrogens with one attached hydrogen (secondary N) is 1. The van der Waals surface area contributed by atoms with Crippen LogP contribution < -0.4 is 11.3 Å². The first-order valence-electron chi connectivity index (χ1n) is 7.17. The Kier molecular flexibility index (Phi) is 6.19. The van der Waals surface area contributed by atoms with Crippen molar-refractivity contribution in [1.29, 1.82) is 0 Å². The van der Waals surface area contributed by atoms with Gasteiger partial charge in [0.2, 0.25) is 0 Å². The number of nitrogens with zero attached hydrogens (tertiary/aromatic N) is 3. The van der Waals surface area contributed by atoms with Gasteiger partial charge in [-0.25, -0.2) is 0 Å². The van der Waals surface area contributed by atoms with E-state index in [-0.39, 0.29) is 11.6 Å². The van der Waals surface area contributed by atoms with Gasteiger partial charge in [-0.3, -0.25) is 16.0 Å². The van der Waals surface area contributed by atoms with Gasteiger partial charge in [0.1, 0.15) is 0 Å². The minimum Gasteiger partial charge on any atom is -0.302 e. The number of aromatic nitrogens is 2. The zero-order valence-electron chi connectivity index (χ0n) is 13.5. The largest absolute Gasteiger partial charge is 0.302 e. The first-order chi connectivity index (χ1) is 9.31. The number of likely N-dealkylation sites (N-methyl/N-ethyl adjacent to an activating group) is 1. The summed E-state index contributed by atoms with van der Waals surface area (Å²) < 4.78 is 3.15. The molecule has 2 atom stereocenters. The van der Waals surface area contributed by atoms with E-state index in [1.165, 1.54) is 5.69 Å². The summed E-state index contributed by atoms with van der Waals surface area (Å²) in [5.74, 6) is 5.85. The highest BCUT2D eigenvalue weighted by Crippen LogP contribution is 2.28. The minimum absolute atomic E-state index is 0.00899. The van der Waals surface area contributed by atoms with Crippen LogP contribution in [0.5, 0.6) is 0 Å². The summed E-state index contributed by atoms with van der Waals surface area (Å²) in [4.78, 5) is 2.24. The van der Waals surface area contributed by atoms with Crippen LogP contribution in [-0.2, 0) is 13.0 Å². The van der Waals surface area contributed by atoms with Crippen LogP contribution in [0, 0.1) is 6.92 Å². The third-order valence-corrected chi connectivity index (χ3v) is 5.57. The van der Waals surface area contributed by atoms with Gasteiger partial charge in [0.25, 0.3) is 0 Å². The molecule has 0 aliphatic heterocycles. The predicted molar refractivity (Wildman–Crippen MR) is 87.5 cm³/mol. The van der Waals surface area contributed by atoms with Crippen molar-refractivity contribution in [3.63, 3.8) is 0 Å². The molecule has 0 aliphatic carbocycles. The molecule has 20 heavy (non-hydrogen) atoms. The van der Waals surface area contributed by atoms with E-state index in [2.05, 4.69) is 70.9 Å². The van der Waals surface area contributed by atoms with Crippen molar-refractivity contribution in [3.8, 4) is 0 Å². The van der Waals surface area contributed by atoms with Crippen molar-refractivity contribution >= 4 is 15.9 Å². The Hall–Kier alpha value is -0.430. The summed E-state index contributed by atoms with van der Waals surface area (Å²) in [6.45, 7) is 9.43. The molecule has 0 aliphatic rings. The van der Waals surface area contributed by atoms with Crippen molar-refractivity contribution in [3.05, 3.63) is 15.9 Å². The lowest BCUT2D eigenvalue weighted by Gasteiger charge is -2.42. The zero-order chi connectivity index (χ0) is 15.5. The number of hydrogen-bond acceptors (Lipinski definition) is 4. The van der Waals surface area contributed by atoms with Gasteiger partial charge in [0, 0.05) is 24.5 Å². The summed E-state index contributed by atoms with van der Waals surface area (Å²) in [5.41, 5.74) is 5.23. The third kappa shape index (κ3) is 3.24. The van der Waals surface area contributed by atoms with Gasteiger partial charge in [-0.05, 0) is 57.2 Å². The minimum atomic E-state index is -0.00899. The SMILES string of the molecule is CCn1nc(C)c(Br)c1CC(NN)C(C)(CC)N(C)C. The van der Waals surface area contributed by atoms with Crippen LogP contribution in [0.1, 0.15) is 38.6 Å². The summed E-state index contributed by atoms with van der Waals surface area (Å²) >= 11 is 3.66. The molecule has 2 unspecified atom stereocenters. The number of halogens is 1. The highest BCUT2D eigenvalue weighted by atomic mass is 79.9. The second-order valence-corrected chi connectivity index (χ2v) is 6.48. The second-order valence-electron chi connectivity index (χ2n) is 5.69. The van der Waals surface area contributed by atoms with Crippen molar-refractivity contribution in [2.75, 3.05) is 14.1 Å². The molecule has 1 rings (SSSR count). The highest BCUT2D eigenvalue weighted by molar-refractivity contribution is 9.10. The van der Waals surface area contributed by atoms with Crippen molar-refractivity contribution in [1.82, 2.24) is 20.1 Å². The predicted octanol–water partition coefficient (Wildman–Crippen LogP) is 2.08. The number of hydrazine groups is 1. The van der Waals surface area contributed by atoms with E-state index < -0.39 is 0 Å². The fourth-order valence-electron chi connectivity index (χ4n) is 2.59. The molecule has 5 nitrogen and oxygen atoms in total. The van der Waals surface area contributed by atoms with Crippen LogP contribution in [0.3, 0.4) is 0 Å². The molecule has 1 aromatic heterocycles. The summed E-state index contributed by atoms with van der Waals surface area (Å²) in [6.07, 6.45) is 1.86. The van der Waals surface area contributed by atoms with Crippen molar-refractivity contribution in [2.45, 2.75) is 58.7 Å². The van der Waals surface area contributed by atoms with Crippen LogP contribution in [0.25, 0.3) is 0 Å². The van der Waals surface area contributed by atoms with E-state index in [4.69, 9.17) is 5.84 Å². The topological polar surface area (TPSA) is 59.1 Å². The van der Waals surface area contributed by atoms with Crippen molar-refractivity contribution < 1.29 is 0 Å². The number of aryl methyl sites for hydroxylation is 2.